The number of hydrogen-bond donors (Lipinski definition) is 2. The third-order valence-electron chi connectivity index (χ3n) is 5.76. The number of aromatic nitrogens is 6. The van der Waals surface area contributed by atoms with E-state index in [0.717, 1.165) is 14.8 Å². The summed E-state index contributed by atoms with van der Waals surface area (Å²) in [6.45, 7) is 2.85. The van der Waals surface area contributed by atoms with Crippen molar-refractivity contribution < 1.29 is 23.1 Å². The van der Waals surface area contributed by atoms with Gasteiger partial charge < -0.3 is 10.4 Å². The van der Waals surface area contributed by atoms with Crippen LogP contribution in [0.5, 0.6) is 0 Å². The van der Waals surface area contributed by atoms with Crippen molar-refractivity contribution >= 4 is 17.5 Å². The van der Waals surface area contributed by atoms with Gasteiger partial charge in [-0.2, -0.15) is 13.2 Å². The quantitative estimate of drug-likeness (QED) is 0.294. The van der Waals surface area contributed by atoms with Gasteiger partial charge in [0.15, 0.2) is 17.8 Å². The van der Waals surface area contributed by atoms with Gasteiger partial charge in [-0.05, 0) is 50.2 Å². The summed E-state index contributed by atoms with van der Waals surface area (Å²) in [5.74, 6) is -0.302. The molecule has 2 N–H and O–H groups in total. The lowest BCUT2D eigenvalue weighted by Crippen LogP contribution is -2.37. The summed E-state index contributed by atoms with van der Waals surface area (Å²) in [6, 6.07) is 12.7. The monoisotopic (exact) mass is 575 g/mol. The van der Waals surface area contributed by atoms with Gasteiger partial charge in [-0.25, -0.2) is 19.1 Å². The lowest BCUT2D eigenvalue weighted by Gasteiger charge is -2.15. The smallest absolute Gasteiger partial charge is 0.382 e. The van der Waals surface area contributed by atoms with Gasteiger partial charge in [0.2, 0.25) is 0 Å². The summed E-state index contributed by atoms with van der Waals surface area (Å²) in [6.07, 6.45) is -4.50. The van der Waals surface area contributed by atoms with E-state index in [1.54, 1.807) is 24.3 Å². The molecule has 2 aromatic carbocycles. The topological polar surface area (TPSA) is 120 Å². The molecule has 10 nitrogen and oxygen atoms in total. The van der Waals surface area contributed by atoms with Crippen LogP contribution in [0.15, 0.2) is 71.3 Å². The van der Waals surface area contributed by atoms with Crippen LogP contribution in [0.4, 0.5) is 13.2 Å². The number of amides is 1. The van der Waals surface area contributed by atoms with Crippen LogP contribution in [0.2, 0.25) is 5.02 Å². The highest BCUT2D eigenvalue weighted by Crippen LogP contribution is 2.24. The molecule has 14 heteroatoms. The first-order chi connectivity index (χ1) is 18.9. The Balaban J connectivity index is 1.64. The number of halogens is 4. The summed E-state index contributed by atoms with van der Waals surface area (Å²) in [5.41, 5.74) is 1.25. The molecule has 2 aromatic heterocycles. The van der Waals surface area contributed by atoms with E-state index in [2.05, 4.69) is 20.5 Å². The Kier molecular flexibility index (Phi) is 8.55. The van der Waals surface area contributed by atoms with Gasteiger partial charge in [-0.1, -0.05) is 35.4 Å². The molecule has 0 fully saturated rings. The lowest BCUT2D eigenvalue weighted by molar-refractivity contribution is -0.207. The molecule has 40 heavy (non-hydrogen) atoms. The number of alkyl halides is 3. The average Bonchev–Trinajstić information content (AvgIpc) is 3.49. The van der Waals surface area contributed by atoms with Crippen molar-refractivity contribution in [2.75, 3.05) is 6.54 Å². The molecular formula is C26H25ClF3N7O3. The molecule has 210 valence electrons. The summed E-state index contributed by atoms with van der Waals surface area (Å²) >= 11 is 5.92. The zero-order valence-corrected chi connectivity index (χ0v) is 22.2. The normalized spacial score (nSPS) is 12.3. The van der Waals surface area contributed by atoms with Crippen molar-refractivity contribution in [3.05, 3.63) is 93.4 Å². The Morgan fingerprint density at radius 2 is 1.82 bits per heavy atom. The first-order valence-corrected chi connectivity index (χ1v) is 12.4. The molecule has 0 bridgehead atoms. The summed E-state index contributed by atoms with van der Waals surface area (Å²) in [5, 5.41) is 21.4. The zero-order chi connectivity index (χ0) is 29.0. The van der Waals surface area contributed by atoms with E-state index in [4.69, 9.17) is 11.6 Å². The fraction of sp³-hybridized carbons (Fsp3) is 0.269. The molecule has 0 aliphatic carbocycles. The maximum Gasteiger partial charge on any atom is 0.416 e. The third-order valence-corrected chi connectivity index (χ3v) is 6.01. The van der Waals surface area contributed by atoms with E-state index in [1.807, 2.05) is 19.9 Å². The van der Waals surface area contributed by atoms with E-state index in [-0.39, 0.29) is 24.1 Å². The molecule has 0 saturated carbocycles. The van der Waals surface area contributed by atoms with Gasteiger partial charge >= 0.3 is 11.9 Å². The molecule has 0 aliphatic rings. The van der Waals surface area contributed by atoms with Gasteiger partial charge in [0.25, 0.3) is 5.91 Å². The summed E-state index contributed by atoms with van der Waals surface area (Å²) in [4.78, 5) is 30.0. The van der Waals surface area contributed by atoms with E-state index in [0.29, 0.717) is 28.4 Å². The van der Waals surface area contributed by atoms with Crippen LogP contribution in [0.3, 0.4) is 0 Å². The van der Waals surface area contributed by atoms with Gasteiger partial charge in [-0.3, -0.25) is 9.36 Å². The summed E-state index contributed by atoms with van der Waals surface area (Å²) < 4.78 is 42.3. The second-order valence-corrected chi connectivity index (χ2v) is 9.49. The number of carbonyl (C=O) groups is 1. The van der Waals surface area contributed by atoms with Gasteiger partial charge in [0.1, 0.15) is 12.9 Å². The minimum Gasteiger partial charge on any atom is -0.382 e. The fourth-order valence-electron chi connectivity index (χ4n) is 3.73. The highest BCUT2D eigenvalue weighted by Gasteiger charge is 2.39. The molecule has 0 unspecified atom stereocenters. The predicted octanol–water partition coefficient (Wildman–Crippen LogP) is 3.61. The van der Waals surface area contributed by atoms with Crippen molar-refractivity contribution in [1.82, 2.24) is 34.4 Å². The second kappa shape index (κ2) is 11.9. The standard InChI is InChI=1S/C26H25ClF3N7O3/c1-16(2)11-12-31-24(39)19-5-3-4-6-20(19)37-15-32-22(33-37)14-36-25(40)35(13-21(38)26(28,29)30)23(34-36)17-7-9-18(27)10-8-17/h3-11,15,21,38H,12-14H2,1-2H3,(H,31,39)/t21-/m0/s1. The van der Waals surface area contributed by atoms with Crippen LogP contribution < -0.4 is 11.0 Å². The van der Waals surface area contributed by atoms with Crippen molar-refractivity contribution in [3.8, 4) is 17.1 Å². The Labute approximate surface area is 231 Å². The number of aliphatic hydroxyl groups is 1. The highest BCUT2D eigenvalue weighted by atomic mass is 35.5. The maximum atomic E-state index is 13.1. The number of aliphatic hydroxyl groups excluding tert-OH is 1. The number of nitrogens with zero attached hydrogens (tertiary/aromatic N) is 6. The van der Waals surface area contributed by atoms with Crippen LogP contribution in [-0.4, -0.2) is 59.0 Å². The van der Waals surface area contributed by atoms with E-state index >= 15 is 0 Å². The fourth-order valence-corrected chi connectivity index (χ4v) is 3.85. The van der Waals surface area contributed by atoms with Crippen LogP contribution in [0, 0.1) is 0 Å². The number of hydrogen-bond acceptors (Lipinski definition) is 6. The number of carbonyl (C=O) groups excluding carboxylic acids is 1. The minimum absolute atomic E-state index is 0.0946. The Hall–Kier alpha value is -4.23. The molecule has 4 rings (SSSR count). The number of allylic oxidation sites excluding steroid dienone is 1. The van der Waals surface area contributed by atoms with Crippen LogP contribution >= 0.6 is 11.6 Å². The molecule has 2 heterocycles. The molecule has 1 amide bonds. The Morgan fingerprint density at radius 3 is 2.50 bits per heavy atom. The van der Waals surface area contributed by atoms with E-state index < -0.39 is 24.5 Å². The molecule has 0 radical (unpaired) electrons. The van der Waals surface area contributed by atoms with Crippen molar-refractivity contribution in [1.29, 1.82) is 0 Å². The molecule has 4 aromatic rings. The first kappa shape index (κ1) is 28.8. The highest BCUT2D eigenvalue weighted by molar-refractivity contribution is 6.30. The second-order valence-electron chi connectivity index (χ2n) is 9.05. The first-order valence-electron chi connectivity index (χ1n) is 12.0. The summed E-state index contributed by atoms with van der Waals surface area (Å²) in [7, 11) is 0. The SMILES string of the molecule is CC(C)=CCNC(=O)c1ccccc1-n1cnc(Cn2nc(-c3ccc(Cl)cc3)n(C[C@H](O)C(F)(F)F)c2=O)n1. The number of para-hydroxylation sites is 1. The number of nitrogens with one attached hydrogen (secondary N) is 1. The van der Waals surface area contributed by atoms with Crippen molar-refractivity contribution in [2.24, 2.45) is 0 Å². The van der Waals surface area contributed by atoms with Crippen LogP contribution in [-0.2, 0) is 13.1 Å². The van der Waals surface area contributed by atoms with Crippen LogP contribution in [0.1, 0.15) is 30.0 Å². The Morgan fingerprint density at radius 1 is 1.12 bits per heavy atom. The van der Waals surface area contributed by atoms with E-state index in [9.17, 15) is 27.9 Å². The van der Waals surface area contributed by atoms with E-state index in [1.165, 1.54) is 35.3 Å². The zero-order valence-electron chi connectivity index (χ0n) is 21.4. The average molecular weight is 576 g/mol. The van der Waals surface area contributed by atoms with Crippen LogP contribution in [0.25, 0.3) is 17.1 Å². The number of rotatable bonds is 9. The Bertz CT molecular complexity index is 1590. The maximum absolute atomic E-state index is 13.1. The molecular weight excluding hydrogens is 551 g/mol. The molecule has 0 spiro atoms. The number of benzene rings is 2. The van der Waals surface area contributed by atoms with Crippen molar-refractivity contribution in [3.63, 3.8) is 0 Å². The predicted molar refractivity (Wildman–Crippen MR) is 141 cm³/mol. The van der Waals surface area contributed by atoms with Gasteiger partial charge in [0, 0.05) is 17.1 Å². The lowest BCUT2D eigenvalue weighted by atomic mass is 10.1. The minimum atomic E-state index is -4.94. The van der Waals surface area contributed by atoms with Gasteiger partial charge in [0.05, 0.1) is 17.8 Å². The molecule has 1 atom stereocenters. The van der Waals surface area contributed by atoms with Crippen molar-refractivity contribution in [2.45, 2.75) is 39.2 Å². The third kappa shape index (κ3) is 6.66. The largest absolute Gasteiger partial charge is 0.416 e. The van der Waals surface area contributed by atoms with Gasteiger partial charge in [-0.15, -0.1) is 10.2 Å². The molecule has 0 aliphatic heterocycles. The molecule has 0 saturated heterocycles.